The van der Waals surface area contributed by atoms with Crippen LogP contribution < -0.4 is 0 Å². The van der Waals surface area contributed by atoms with Gasteiger partial charge in [0.2, 0.25) is 5.91 Å². The second-order valence-electron chi connectivity index (χ2n) is 5.35. The number of amides is 1. The van der Waals surface area contributed by atoms with E-state index in [1.165, 1.54) is 11.8 Å². The van der Waals surface area contributed by atoms with E-state index < -0.39 is 0 Å². The highest BCUT2D eigenvalue weighted by molar-refractivity contribution is 8.00. The van der Waals surface area contributed by atoms with Gasteiger partial charge in [0.05, 0.1) is 24.0 Å². The topological polar surface area (TPSA) is 70.4 Å². The molecule has 23 heavy (non-hydrogen) atoms. The van der Waals surface area contributed by atoms with Crippen LogP contribution in [0.3, 0.4) is 0 Å². The molecule has 0 aliphatic carbocycles. The summed E-state index contributed by atoms with van der Waals surface area (Å²) in [6, 6.07) is 9.17. The zero-order valence-corrected chi connectivity index (χ0v) is 14.0. The van der Waals surface area contributed by atoms with Crippen molar-refractivity contribution in [3.05, 3.63) is 35.4 Å². The third-order valence-electron chi connectivity index (χ3n) is 3.60. The van der Waals surface area contributed by atoms with Crippen LogP contribution in [0.15, 0.2) is 24.3 Å². The molecule has 0 spiro atoms. The van der Waals surface area contributed by atoms with Crippen LogP contribution in [0.2, 0.25) is 0 Å². The number of rotatable bonds is 7. The lowest BCUT2D eigenvalue weighted by Gasteiger charge is -2.23. The zero-order valence-electron chi connectivity index (χ0n) is 13.2. The van der Waals surface area contributed by atoms with Gasteiger partial charge in [0, 0.05) is 0 Å². The van der Waals surface area contributed by atoms with Gasteiger partial charge >= 0.3 is 5.97 Å². The Bertz CT molecular complexity index is 595. The van der Waals surface area contributed by atoms with Crippen LogP contribution >= 0.6 is 11.8 Å². The van der Waals surface area contributed by atoms with E-state index in [2.05, 4.69) is 13.0 Å². The van der Waals surface area contributed by atoms with Gasteiger partial charge in [0.1, 0.15) is 11.9 Å². The molecule has 0 N–H and O–H groups in total. The van der Waals surface area contributed by atoms with E-state index in [9.17, 15) is 9.59 Å². The van der Waals surface area contributed by atoms with Crippen molar-refractivity contribution in [1.29, 1.82) is 5.26 Å². The summed E-state index contributed by atoms with van der Waals surface area (Å²) in [6.07, 6.45) is 2.95. The average Bonchev–Trinajstić information content (AvgIpc) is 2.92. The largest absolute Gasteiger partial charge is 0.464 e. The predicted octanol–water partition coefficient (Wildman–Crippen LogP) is 2.87. The summed E-state index contributed by atoms with van der Waals surface area (Å²) in [4.78, 5) is 25.5. The van der Waals surface area contributed by atoms with Crippen molar-refractivity contribution in [3.63, 3.8) is 0 Å². The van der Waals surface area contributed by atoms with E-state index in [1.807, 2.05) is 12.1 Å². The van der Waals surface area contributed by atoms with Gasteiger partial charge in [0.25, 0.3) is 0 Å². The monoisotopic (exact) mass is 332 g/mol. The Hall–Kier alpha value is -2.00. The lowest BCUT2D eigenvalue weighted by molar-refractivity contribution is -0.148. The van der Waals surface area contributed by atoms with Crippen LogP contribution in [0.25, 0.3) is 0 Å². The molecular weight excluding hydrogens is 312 g/mol. The molecule has 122 valence electrons. The summed E-state index contributed by atoms with van der Waals surface area (Å²) in [5.41, 5.74) is 1.49. The molecule has 1 heterocycles. The number of carbonyl (C=O) groups excluding carboxylic acids is 2. The van der Waals surface area contributed by atoms with Gasteiger partial charge in [-0.15, -0.1) is 11.8 Å². The van der Waals surface area contributed by atoms with Crippen molar-refractivity contribution in [1.82, 2.24) is 4.90 Å². The van der Waals surface area contributed by atoms with Crippen molar-refractivity contribution in [2.45, 2.75) is 31.6 Å². The predicted molar refractivity (Wildman–Crippen MR) is 88.6 cm³/mol. The Balaban J connectivity index is 1.96. The highest BCUT2D eigenvalue weighted by Gasteiger charge is 2.34. The molecule has 1 atom stereocenters. The third-order valence-corrected chi connectivity index (χ3v) is 4.86. The second kappa shape index (κ2) is 8.59. The van der Waals surface area contributed by atoms with E-state index in [0.29, 0.717) is 17.9 Å². The van der Waals surface area contributed by atoms with Crippen LogP contribution in [0.1, 0.15) is 42.7 Å². The number of carbonyl (C=O) groups is 2. The van der Waals surface area contributed by atoms with Gasteiger partial charge in [-0.2, -0.15) is 5.26 Å². The molecule has 1 aromatic rings. The fraction of sp³-hybridized carbons (Fsp3) is 0.471. The Kier molecular flexibility index (Phi) is 6.48. The van der Waals surface area contributed by atoms with Crippen molar-refractivity contribution in [2.24, 2.45) is 0 Å². The van der Waals surface area contributed by atoms with Gasteiger partial charge in [-0.05, 0) is 24.1 Å². The molecule has 1 saturated heterocycles. The molecule has 1 unspecified atom stereocenters. The van der Waals surface area contributed by atoms with Crippen LogP contribution in [0.4, 0.5) is 0 Å². The molecule has 1 aliphatic rings. The number of nitrogens with zero attached hydrogens (tertiary/aromatic N) is 2. The summed E-state index contributed by atoms with van der Waals surface area (Å²) in [7, 11) is 0. The lowest BCUT2D eigenvalue weighted by atomic mass is 10.1. The van der Waals surface area contributed by atoms with Crippen LogP contribution in [0.5, 0.6) is 0 Å². The molecule has 0 bridgehead atoms. The van der Waals surface area contributed by atoms with Gasteiger partial charge in [-0.25, -0.2) is 0 Å². The molecular formula is C17H20N2O3S. The molecule has 2 rings (SSSR count). The quantitative estimate of drug-likeness (QED) is 0.567. The molecule has 5 nitrogen and oxygen atoms in total. The number of thioether (sulfide) groups is 1. The fourth-order valence-electron chi connectivity index (χ4n) is 2.35. The number of esters is 1. The second-order valence-corrected chi connectivity index (χ2v) is 6.41. The van der Waals surface area contributed by atoms with Gasteiger partial charge in [-0.3, -0.25) is 9.59 Å². The first-order valence-electron chi connectivity index (χ1n) is 7.72. The number of nitriles is 1. The van der Waals surface area contributed by atoms with E-state index in [0.717, 1.165) is 24.8 Å². The van der Waals surface area contributed by atoms with E-state index >= 15 is 0 Å². The summed E-state index contributed by atoms with van der Waals surface area (Å²) in [5, 5.41) is 8.65. The Morgan fingerprint density at radius 3 is 2.78 bits per heavy atom. The van der Waals surface area contributed by atoms with E-state index in [-0.39, 0.29) is 23.8 Å². The van der Waals surface area contributed by atoms with Crippen LogP contribution in [-0.4, -0.2) is 35.7 Å². The highest BCUT2D eigenvalue weighted by atomic mass is 32.2. The minimum absolute atomic E-state index is 0.0252. The van der Waals surface area contributed by atoms with Gasteiger partial charge < -0.3 is 9.64 Å². The SMILES string of the molecule is CCCCCOC(=O)CN1C(=O)CSC1c1ccc(C#N)cc1. The Morgan fingerprint density at radius 1 is 1.39 bits per heavy atom. The maximum atomic E-state index is 12.0. The van der Waals surface area contributed by atoms with E-state index in [4.69, 9.17) is 10.00 Å². The van der Waals surface area contributed by atoms with Crippen molar-refractivity contribution in [3.8, 4) is 6.07 Å². The van der Waals surface area contributed by atoms with Crippen molar-refractivity contribution >= 4 is 23.6 Å². The van der Waals surface area contributed by atoms with Gasteiger partial charge in [0.15, 0.2) is 0 Å². The zero-order chi connectivity index (χ0) is 16.7. The summed E-state index contributed by atoms with van der Waals surface area (Å²) < 4.78 is 5.19. The number of unbranched alkanes of at least 4 members (excludes halogenated alkanes) is 2. The maximum absolute atomic E-state index is 12.0. The molecule has 1 aliphatic heterocycles. The van der Waals surface area contributed by atoms with Gasteiger partial charge in [-0.1, -0.05) is 31.9 Å². The number of hydrogen-bond acceptors (Lipinski definition) is 5. The summed E-state index contributed by atoms with van der Waals surface area (Å²) in [5.74, 6) is -0.0706. The normalized spacial score (nSPS) is 17.1. The smallest absolute Gasteiger partial charge is 0.325 e. The third kappa shape index (κ3) is 4.73. The first-order valence-corrected chi connectivity index (χ1v) is 8.77. The first kappa shape index (κ1) is 17.4. The Morgan fingerprint density at radius 2 is 2.13 bits per heavy atom. The number of benzene rings is 1. The number of hydrogen-bond donors (Lipinski definition) is 0. The maximum Gasteiger partial charge on any atom is 0.325 e. The first-order chi connectivity index (χ1) is 11.2. The average molecular weight is 332 g/mol. The summed E-state index contributed by atoms with van der Waals surface area (Å²) >= 11 is 1.48. The highest BCUT2D eigenvalue weighted by Crippen LogP contribution is 2.38. The molecule has 0 saturated carbocycles. The molecule has 1 aromatic carbocycles. The molecule has 1 amide bonds. The molecule has 6 heteroatoms. The minimum atomic E-state index is -0.365. The minimum Gasteiger partial charge on any atom is -0.464 e. The lowest BCUT2D eigenvalue weighted by Crippen LogP contribution is -2.34. The van der Waals surface area contributed by atoms with Crippen LogP contribution in [0, 0.1) is 11.3 Å². The molecule has 0 radical (unpaired) electrons. The van der Waals surface area contributed by atoms with E-state index in [1.54, 1.807) is 17.0 Å². The number of ether oxygens (including phenoxy) is 1. The van der Waals surface area contributed by atoms with Crippen molar-refractivity contribution in [2.75, 3.05) is 18.9 Å². The summed E-state index contributed by atoms with van der Waals surface area (Å²) in [6.45, 7) is 2.47. The standard InChI is InChI=1S/C17H20N2O3S/c1-2-3-4-9-22-16(21)11-19-15(20)12-23-17(19)14-7-5-13(10-18)6-8-14/h5-8,17H,2-4,9,11-12H2,1H3. The van der Waals surface area contributed by atoms with Crippen LogP contribution in [-0.2, 0) is 14.3 Å². The van der Waals surface area contributed by atoms with Crippen molar-refractivity contribution < 1.29 is 14.3 Å². The fourth-order valence-corrected chi connectivity index (χ4v) is 3.53. The Labute approximate surface area is 140 Å². The molecule has 0 aromatic heterocycles. The molecule has 1 fully saturated rings.